The molecule has 5 nitrogen and oxygen atoms in total. The number of aliphatic carboxylic acids is 1. The standard InChI is InChI=1S/C13H24N2O3/c1-3-14-10(2)7-11(16)15-9-13(5-4-6-13)8-12(17)18/h10,14H,3-9H2,1-2H3,(H,15,16)(H,17,18). The van der Waals surface area contributed by atoms with Gasteiger partial charge in [-0.1, -0.05) is 13.3 Å². The van der Waals surface area contributed by atoms with Crippen molar-refractivity contribution in [1.82, 2.24) is 10.6 Å². The first-order valence-corrected chi connectivity index (χ1v) is 6.69. The molecule has 0 aromatic rings. The van der Waals surface area contributed by atoms with E-state index in [1.807, 2.05) is 13.8 Å². The van der Waals surface area contributed by atoms with Crippen LogP contribution in [0.1, 0.15) is 46.0 Å². The van der Waals surface area contributed by atoms with Gasteiger partial charge in [-0.3, -0.25) is 9.59 Å². The third-order valence-electron chi connectivity index (χ3n) is 3.65. The van der Waals surface area contributed by atoms with Crippen LogP contribution in [0.4, 0.5) is 0 Å². The summed E-state index contributed by atoms with van der Waals surface area (Å²) in [6.07, 6.45) is 3.48. The molecule has 1 fully saturated rings. The number of carboxylic acid groups (broad SMARTS) is 1. The van der Waals surface area contributed by atoms with Gasteiger partial charge in [0.05, 0.1) is 6.42 Å². The van der Waals surface area contributed by atoms with Crippen molar-refractivity contribution < 1.29 is 14.7 Å². The Balaban J connectivity index is 2.30. The lowest BCUT2D eigenvalue weighted by molar-refractivity contribution is -0.141. The monoisotopic (exact) mass is 256 g/mol. The molecule has 1 aliphatic rings. The zero-order valence-corrected chi connectivity index (χ0v) is 11.3. The van der Waals surface area contributed by atoms with E-state index >= 15 is 0 Å². The van der Waals surface area contributed by atoms with Crippen molar-refractivity contribution in [2.24, 2.45) is 5.41 Å². The van der Waals surface area contributed by atoms with Gasteiger partial charge in [-0.2, -0.15) is 0 Å². The lowest BCUT2D eigenvalue weighted by Gasteiger charge is -2.40. The number of carboxylic acids is 1. The summed E-state index contributed by atoms with van der Waals surface area (Å²) in [5.41, 5.74) is -0.192. The number of carbonyl (C=O) groups excluding carboxylic acids is 1. The normalized spacial score (nSPS) is 18.8. The molecule has 5 heteroatoms. The van der Waals surface area contributed by atoms with E-state index in [4.69, 9.17) is 5.11 Å². The van der Waals surface area contributed by atoms with Crippen molar-refractivity contribution in [3.05, 3.63) is 0 Å². The highest BCUT2D eigenvalue weighted by Crippen LogP contribution is 2.43. The maximum absolute atomic E-state index is 11.7. The summed E-state index contributed by atoms with van der Waals surface area (Å²) in [5, 5.41) is 14.9. The number of nitrogens with one attached hydrogen (secondary N) is 2. The zero-order chi connectivity index (χ0) is 13.6. The molecule has 0 bridgehead atoms. The molecule has 0 saturated heterocycles. The molecule has 0 aromatic heterocycles. The minimum absolute atomic E-state index is 0.000105. The Kier molecular flexibility index (Phi) is 5.59. The fourth-order valence-corrected chi connectivity index (χ4v) is 2.47. The van der Waals surface area contributed by atoms with Crippen LogP contribution < -0.4 is 10.6 Å². The van der Waals surface area contributed by atoms with Crippen molar-refractivity contribution in [3.63, 3.8) is 0 Å². The Labute approximate surface area is 108 Å². The molecule has 1 unspecified atom stereocenters. The quantitative estimate of drug-likeness (QED) is 0.608. The van der Waals surface area contributed by atoms with Crippen LogP contribution in [0.25, 0.3) is 0 Å². The molecule has 1 atom stereocenters. The second-order valence-electron chi connectivity index (χ2n) is 5.36. The van der Waals surface area contributed by atoms with Crippen LogP contribution in [0.5, 0.6) is 0 Å². The predicted molar refractivity (Wildman–Crippen MR) is 69.3 cm³/mol. The highest BCUT2D eigenvalue weighted by molar-refractivity contribution is 5.76. The molecule has 3 N–H and O–H groups in total. The van der Waals surface area contributed by atoms with Gasteiger partial charge in [0.1, 0.15) is 0 Å². The summed E-state index contributed by atoms with van der Waals surface area (Å²) >= 11 is 0. The first-order chi connectivity index (χ1) is 8.47. The summed E-state index contributed by atoms with van der Waals surface area (Å²) in [7, 11) is 0. The molecule has 1 aliphatic carbocycles. The molecule has 0 heterocycles. The maximum Gasteiger partial charge on any atom is 0.303 e. The molecule has 104 valence electrons. The Hall–Kier alpha value is -1.10. The van der Waals surface area contributed by atoms with Gasteiger partial charge in [0.2, 0.25) is 5.91 Å². The summed E-state index contributed by atoms with van der Waals surface area (Å²) < 4.78 is 0. The average molecular weight is 256 g/mol. The molecule has 0 aliphatic heterocycles. The van der Waals surface area contributed by atoms with Gasteiger partial charge in [0, 0.05) is 19.0 Å². The average Bonchev–Trinajstić information content (AvgIpc) is 2.21. The molecular formula is C13H24N2O3. The van der Waals surface area contributed by atoms with Crippen molar-refractivity contribution in [2.45, 2.75) is 52.0 Å². The van der Waals surface area contributed by atoms with Crippen LogP contribution in [0.2, 0.25) is 0 Å². The summed E-state index contributed by atoms with van der Waals surface area (Å²) in [6, 6.07) is 0.159. The zero-order valence-electron chi connectivity index (χ0n) is 11.3. The van der Waals surface area contributed by atoms with E-state index in [1.165, 1.54) is 0 Å². The lowest BCUT2D eigenvalue weighted by Crippen LogP contribution is -2.44. The van der Waals surface area contributed by atoms with Crippen molar-refractivity contribution in [3.8, 4) is 0 Å². The molecule has 18 heavy (non-hydrogen) atoms. The van der Waals surface area contributed by atoms with Gasteiger partial charge in [0.15, 0.2) is 0 Å². The van der Waals surface area contributed by atoms with Crippen LogP contribution in [-0.4, -0.2) is 36.1 Å². The second kappa shape index (κ2) is 6.73. The van der Waals surface area contributed by atoms with Crippen molar-refractivity contribution in [2.75, 3.05) is 13.1 Å². The van der Waals surface area contributed by atoms with E-state index in [2.05, 4.69) is 10.6 Å². The van der Waals surface area contributed by atoms with Gasteiger partial charge in [0.25, 0.3) is 0 Å². The Morgan fingerprint density at radius 3 is 2.50 bits per heavy atom. The third kappa shape index (κ3) is 4.64. The van der Waals surface area contributed by atoms with Gasteiger partial charge in [-0.05, 0) is 31.7 Å². The predicted octanol–water partition coefficient (Wildman–Crippen LogP) is 1.14. The van der Waals surface area contributed by atoms with E-state index in [9.17, 15) is 9.59 Å². The largest absolute Gasteiger partial charge is 0.481 e. The minimum Gasteiger partial charge on any atom is -0.481 e. The molecule has 1 amide bonds. The van der Waals surface area contributed by atoms with Crippen LogP contribution in [0.3, 0.4) is 0 Å². The van der Waals surface area contributed by atoms with Crippen LogP contribution in [-0.2, 0) is 9.59 Å². The fourth-order valence-electron chi connectivity index (χ4n) is 2.47. The van der Waals surface area contributed by atoms with E-state index in [0.29, 0.717) is 13.0 Å². The number of rotatable bonds is 8. The SMILES string of the molecule is CCNC(C)CC(=O)NCC1(CC(=O)O)CCC1. The highest BCUT2D eigenvalue weighted by atomic mass is 16.4. The van der Waals surface area contributed by atoms with Crippen molar-refractivity contribution >= 4 is 11.9 Å². The maximum atomic E-state index is 11.7. The number of hydrogen-bond donors (Lipinski definition) is 3. The Bertz CT molecular complexity index is 301. The topological polar surface area (TPSA) is 78.4 Å². The molecule has 0 spiro atoms. The number of carbonyl (C=O) groups is 2. The molecule has 0 radical (unpaired) electrons. The minimum atomic E-state index is -0.773. The van der Waals surface area contributed by atoms with Gasteiger partial charge < -0.3 is 15.7 Å². The molecule has 0 aromatic carbocycles. The van der Waals surface area contributed by atoms with Crippen LogP contribution >= 0.6 is 0 Å². The van der Waals surface area contributed by atoms with Gasteiger partial charge in [-0.15, -0.1) is 0 Å². The van der Waals surface area contributed by atoms with Crippen molar-refractivity contribution in [1.29, 1.82) is 0 Å². The van der Waals surface area contributed by atoms with E-state index in [0.717, 1.165) is 25.8 Å². The molecule has 1 rings (SSSR count). The first kappa shape index (κ1) is 15.0. The van der Waals surface area contributed by atoms with E-state index in [1.54, 1.807) is 0 Å². The smallest absolute Gasteiger partial charge is 0.303 e. The van der Waals surface area contributed by atoms with Gasteiger partial charge in [-0.25, -0.2) is 0 Å². The second-order valence-corrected chi connectivity index (χ2v) is 5.36. The van der Waals surface area contributed by atoms with Crippen LogP contribution in [0, 0.1) is 5.41 Å². The van der Waals surface area contributed by atoms with Crippen LogP contribution in [0.15, 0.2) is 0 Å². The third-order valence-corrected chi connectivity index (χ3v) is 3.65. The molecule has 1 saturated carbocycles. The highest BCUT2D eigenvalue weighted by Gasteiger charge is 2.39. The number of hydrogen-bond acceptors (Lipinski definition) is 3. The first-order valence-electron chi connectivity index (χ1n) is 6.69. The van der Waals surface area contributed by atoms with E-state index in [-0.39, 0.29) is 23.8 Å². The Morgan fingerprint density at radius 2 is 2.06 bits per heavy atom. The van der Waals surface area contributed by atoms with E-state index < -0.39 is 5.97 Å². The number of amides is 1. The summed E-state index contributed by atoms with van der Waals surface area (Å²) in [5.74, 6) is -0.773. The van der Waals surface area contributed by atoms with Gasteiger partial charge >= 0.3 is 5.97 Å². The Morgan fingerprint density at radius 1 is 1.39 bits per heavy atom. The lowest BCUT2D eigenvalue weighted by atomic mass is 9.66. The summed E-state index contributed by atoms with van der Waals surface area (Å²) in [4.78, 5) is 22.5. The summed E-state index contributed by atoms with van der Waals surface area (Å²) in [6.45, 7) is 5.32. The molecular weight excluding hydrogens is 232 g/mol. The fraction of sp³-hybridized carbons (Fsp3) is 0.846.